The van der Waals surface area contributed by atoms with Crippen molar-refractivity contribution in [3.63, 3.8) is 0 Å². The monoisotopic (exact) mass is 193 g/mol. The molecular weight excluding hydrogens is 186 g/mol. The maximum atomic E-state index is 10.3. The Kier molecular flexibility index (Phi) is 2.06. The molecule has 0 unspecified atom stereocenters. The Balaban J connectivity index is 2.32. The number of rotatable bonds is 3. The van der Waals surface area contributed by atoms with Gasteiger partial charge in [-0.1, -0.05) is 6.07 Å². The minimum atomic E-state index is -1.03. The number of carboxylic acids is 1. The van der Waals surface area contributed by atoms with Crippen LogP contribution in [-0.2, 0) is 4.79 Å². The summed E-state index contributed by atoms with van der Waals surface area (Å²) >= 11 is 0. The van der Waals surface area contributed by atoms with Crippen molar-refractivity contribution in [3.05, 3.63) is 24.6 Å². The molecule has 0 aliphatic carbocycles. The van der Waals surface area contributed by atoms with Crippen LogP contribution in [0.3, 0.4) is 0 Å². The van der Waals surface area contributed by atoms with Crippen LogP contribution < -0.4 is 4.74 Å². The van der Waals surface area contributed by atoms with Gasteiger partial charge in [0, 0.05) is 0 Å². The second-order valence-corrected chi connectivity index (χ2v) is 2.64. The van der Waals surface area contributed by atoms with Gasteiger partial charge in [-0.25, -0.2) is 9.78 Å². The van der Waals surface area contributed by atoms with Crippen LogP contribution in [0.15, 0.2) is 29.0 Å². The van der Waals surface area contributed by atoms with E-state index in [-0.39, 0.29) is 6.61 Å². The molecule has 0 radical (unpaired) electrons. The summed E-state index contributed by atoms with van der Waals surface area (Å²) in [7, 11) is 0. The molecule has 0 atom stereocenters. The first kappa shape index (κ1) is 8.55. The smallest absolute Gasteiger partial charge is 0.341 e. The molecule has 0 amide bonds. The number of para-hydroxylation sites is 1. The predicted molar refractivity (Wildman–Crippen MR) is 47.1 cm³/mol. The van der Waals surface area contributed by atoms with Crippen LogP contribution in [-0.4, -0.2) is 22.7 Å². The third kappa shape index (κ3) is 1.52. The van der Waals surface area contributed by atoms with Crippen molar-refractivity contribution in [2.75, 3.05) is 6.61 Å². The predicted octanol–water partition coefficient (Wildman–Crippen LogP) is 1.29. The number of fused-ring (bicyclic) bond motifs is 1. The molecule has 1 aromatic carbocycles. The third-order valence-electron chi connectivity index (χ3n) is 1.67. The third-order valence-corrected chi connectivity index (χ3v) is 1.67. The molecule has 0 spiro atoms. The number of carbonyl (C=O) groups is 1. The molecule has 0 saturated carbocycles. The van der Waals surface area contributed by atoms with E-state index in [9.17, 15) is 4.79 Å². The van der Waals surface area contributed by atoms with Crippen LogP contribution in [0.25, 0.3) is 11.1 Å². The van der Waals surface area contributed by atoms with Gasteiger partial charge in [0.25, 0.3) is 0 Å². The van der Waals surface area contributed by atoms with Crippen LogP contribution in [0.2, 0.25) is 0 Å². The van der Waals surface area contributed by atoms with Gasteiger partial charge in [0.1, 0.15) is 5.52 Å². The van der Waals surface area contributed by atoms with Gasteiger partial charge in [-0.05, 0) is 12.1 Å². The number of aromatic nitrogens is 1. The van der Waals surface area contributed by atoms with Crippen LogP contribution in [0, 0.1) is 0 Å². The van der Waals surface area contributed by atoms with Gasteiger partial charge in [0.05, 0.1) is 0 Å². The van der Waals surface area contributed by atoms with Crippen molar-refractivity contribution in [2.45, 2.75) is 0 Å². The minimum Gasteiger partial charge on any atom is -0.479 e. The number of hydrogen-bond donors (Lipinski definition) is 1. The summed E-state index contributed by atoms with van der Waals surface area (Å²) in [5.41, 5.74) is 1.11. The van der Waals surface area contributed by atoms with Crippen molar-refractivity contribution in [1.82, 2.24) is 4.98 Å². The highest BCUT2D eigenvalue weighted by Gasteiger charge is 2.07. The van der Waals surface area contributed by atoms with Crippen LogP contribution in [0.5, 0.6) is 5.75 Å². The van der Waals surface area contributed by atoms with Gasteiger partial charge >= 0.3 is 5.97 Å². The first-order valence-corrected chi connectivity index (χ1v) is 3.94. The summed E-state index contributed by atoms with van der Waals surface area (Å²) in [4.78, 5) is 14.2. The van der Waals surface area contributed by atoms with Gasteiger partial charge in [-0.2, -0.15) is 0 Å². The Morgan fingerprint density at radius 3 is 3.21 bits per heavy atom. The van der Waals surface area contributed by atoms with Gasteiger partial charge < -0.3 is 14.3 Å². The highest BCUT2D eigenvalue weighted by Crippen LogP contribution is 2.24. The minimum absolute atomic E-state index is 0.389. The van der Waals surface area contributed by atoms with E-state index in [1.165, 1.54) is 6.39 Å². The number of aliphatic carboxylic acids is 1. The lowest BCUT2D eigenvalue weighted by Crippen LogP contribution is -2.09. The van der Waals surface area contributed by atoms with Crippen LogP contribution in [0.4, 0.5) is 0 Å². The number of hydrogen-bond acceptors (Lipinski definition) is 4. The summed E-state index contributed by atoms with van der Waals surface area (Å²) in [6.07, 6.45) is 1.29. The van der Waals surface area contributed by atoms with Crippen LogP contribution in [0.1, 0.15) is 0 Å². The van der Waals surface area contributed by atoms with Crippen molar-refractivity contribution >= 4 is 17.1 Å². The summed E-state index contributed by atoms with van der Waals surface area (Å²) < 4.78 is 10.1. The standard InChI is InChI=1S/C9H7NO4/c11-8(12)4-13-7-3-1-2-6-9(7)14-5-10-6/h1-3,5H,4H2,(H,11,12). The first-order chi connectivity index (χ1) is 6.77. The lowest BCUT2D eigenvalue weighted by atomic mass is 10.3. The molecule has 0 fully saturated rings. The topological polar surface area (TPSA) is 72.6 Å². The fourth-order valence-electron chi connectivity index (χ4n) is 1.11. The molecule has 1 aromatic heterocycles. The fraction of sp³-hybridized carbons (Fsp3) is 0.111. The summed E-state index contributed by atoms with van der Waals surface area (Å²) in [5, 5.41) is 8.43. The molecule has 2 rings (SSSR count). The Morgan fingerprint density at radius 2 is 2.43 bits per heavy atom. The first-order valence-electron chi connectivity index (χ1n) is 3.94. The fourth-order valence-corrected chi connectivity index (χ4v) is 1.11. The van der Waals surface area contributed by atoms with E-state index in [2.05, 4.69) is 4.98 Å². The average molecular weight is 193 g/mol. The maximum Gasteiger partial charge on any atom is 0.341 e. The Morgan fingerprint density at radius 1 is 1.57 bits per heavy atom. The zero-order valence-corrected chi connectivity index (χ0v) is 7.14. The highest BCUT2D eigenvalue weighted by molar-refractivity contribution is 5.79. The molecule has 0 aliphatic rings. The molecule has 14 heavy (non-hydrogen) atoms. The molecule has 2 aromatic rings. The second-order valence-electron chi connectivity index (χ2n) is 2.64. The Labute approximate surface area is 78.9 Å². The molecule has 5 heteroatoms. The normalized spacial score (nSPS) is 10.3. The molecule has 1 heterocycles. The van der Waals surface area contributed by atoms with Gasteiger partial charge in [0.15, 0.2) is 24.3 Å². The number of benzene rings is 1. The van der Waals surface area contributed by atoms with Crippen molar-refractivity contribution in [2.24, 2.45) is 0 Å². The van der Waals surface area contributed by atoms with Crippen molar-refractivity contribution in [1.29, 1.82) is 0 Å². The molecule has 72 valence electrons. The van der Waals surface area contributed by atoms with Crippen molar-refractivity contribution < 1.29 is 19.1 Å². The molecule has 5 nitrogen and oxygen atoms in total. The number of ether oxygens (including phenoxy) is 1. The molecule has 1 N–H and O–H groups in total. The van der Waals surface area contributed by atoms with Crippen molar-refractivity contribution in [3.8, 4) is 5.75 Å². The molecule has 0 saturated heterocycles. The Hall–Kier alpha value is -2.04. The maximum absolute atomic E-state index is 10.3. The lowest BCUT2D eigenvalue weighted by molar-refractivity contribution is -0.139. The van der Waals surface area contributed by atoms with E-state index in [0.717, 1.165) is 0 Å². The van der Waals surface area contributed by atoms with E-state index in [1.807, 2.05) is 0 Å². The van der Waals surface area contributed by atoms with Gasteiger partial charge in [-0.15, -0.1) is 0 Å². The van der Waals surface area contributed by atoms with Gasteiger partial charge in [-0.3, -0.25) is 0 Å². The largest absolute Gasteiger partial charge is 0.479 e. The SMILES string of the molecule is O=C(O)COc1cccc2ncoc12. The summed E-state index contributed by atoms with van der Waals surface area (Å²) in [5.74, 6) is -0.635. The second kappa shape index (κ2) is 3.37. The molecule has 0 aliphatic heterocycles. The number of carboxylic acid groups (broad SMARTS) is 1. The van der Waals surface area contributed by atoms with E-state index in [0.29, 0.717) is 16.8 Å². The highest BCUT2D eigenvalue weighted by atomic mass is 16.5. The summed E-state index contributed by atoms with van der Waals surface area (Å²) in [6, 6.07) is 5.12. The summed E-state index contributed by atoms with van der Waals surface area (Å²) in [6.45, 7) is -0.389. The van der Waals surface area contributed by atoms with Crippen LogP contribution >= 0.6 is 0 Å². The lowest BCUT2D eigenvalue weighted by Gasteiger charge is -2.01. The number of nitrogens with zero attached hydrogens (tertiary/aromatic N) is 1. The molecular formula is C9H7NO4. The van der Waals surface area contributed by atoms with E-state index < -0.39 is 5.97 Å². The quantitative estimate of drug-likeness (QED) is 0.795. The van der Waals surface area contributed by atoms with E-state index in [4.69, 9.17) is 14.3 Å². The zero-order chi connectivity index (χ0) is 9.97. The molecule has 0 bridgehead atoms. The van der Waals surface area contributed by atoms with Gasteiger partial charge in [0.2, 0.25) is 0 Å². The Bertz CT molecular complexity index is 463. The van der Waals surface area contributed by atoms with E-state index in [1.54, 1.807) is 18.2 Å². The number of oxazole rings is 1. The van der Waals surface area contributed by atoms with E-state index >= 15 is 0 Å². The zero-order valence-electron chi connectivity index (χ0n) is 7.14. The average Bonchev–Trinajstić information content (AvgIpc) is 2.62.